The van der Waals surface area contributed by atoms with Crippen molar-refractivity contribution in [1.82, 2.24) is 15.0 Å². The lowest BCUT2D eigenvalue weighted by Gasteiger charge is -2.34. The van der Waals surface area contributed by atoms with Crippen LogP contribution in [-0.2, 0) is 0 Å². The summed E-state index contributed by atoms with van der Waals surface area (Å²) in [4.78, 5) is 15.9. The monoisotopic (exact) mass is 823 g/mol. The van der Waals surface area contributed by atoms with Crippen molar-refractivity contribution in [3.05, 3.63) is 249 Å². The molecule has 1 aromatic heterocycles. The first-order chi connectivity index (χ1) is 30.7. The van der Waals surface area contributed by atoms with Gasteiger partial charge in [-0.25, -0.2) is 15.0 Å². The fraction of sp³-hybridized carbons (Fsp3) is 0. The first kappa shape index (κ1) is 37.4. The van der Waals surface area contributed by atoms with Crippen LogP contribution in [0, 0.1) is 0 Å². The second-order valence-corrected chi connectivity index (χ2v) is 23.4. The van der Waals surface area contributed by atoms with E-state index in [1.165, 1.54) is 52.6 Å². The maximum Gasteiger partial charge on any atom is 0.180 e. The van der Waals surface area contributed by atoms with E-state index >= 15 is 0 Å². The van der Waals surface area contributed by atoms with Crippen LogP contribution >= 0.6 is 0 Å². The molecule has 1 aliphatic rings. The van der Waals surface area contributed by atoms with Crippen molar-refractivity contribution in [2.75, 3.05) is 0 Å². The molecule has 11 rings (SSSR count). The Bertz CT molecular complexity index is 2910. The summed E-state index contributed by atoms with van der Waals surface area (Å²) in [5.41, 5.74) is 5.50. The van der Waals surface area contributed by atoms with Gasteiger partial charge in [0, 0.05) is 16.7 Å². The van der Waals surface area contributed by atoms with Gasteiger partial charge in [0.15, 0.2) is 33.6 Å². The molecule has 0 fully saturated rings. The number of benzene rings is 9. The van der Waals surface area contributed by atoms with Gasteiger partial charge in [-0.15, -0.1) is 0 Å². The van der Waals surface area contributed by atoms with Crippen LogP contribution in [0.15, 0.2) is 249 Å². The van der Waals surface area contributed by atoms with E-state index < -0.39 is 16.1 Å². The van der Waals surface area contributed by atoms with Crippen LogP contribution in [0.3, 0.4) is 0 Å². The van der Waals surface area contributed by atoms with Crippen LogP contribution < -0.4 is 41.5 Å². The van der Waals surface area contributed by atoms with E-state index in [1.807, 2.05) is 18.2 Å². The molecule has 5 heteroatoms. The first-order valence-corrected chi connectivity index (χ1v) is 25.2. The Morgan fingerprint density at radius 2 is 0.629 bits per heavy atom. The average molecular weight is 824 g/mol. The molecule has 62 heavy (non-hydrogen) atoms. The maximum atomic E-state index is 5.40. The average Bonchev–Trinajstić information content (AvgIpc) is 3.67. The van der Waals surface area contributed by atoms with Crippen LogP contribution in [0.5, 0.6) is 0 Å². The molecule has 9 aromatic carbocycles. The third-order valence-corrected chi connectivity index (χ3v) is 22.2. The number of fused-ring (bicyclic) bond motifs is 3. The summed E-state index contributed by atoms with van der Waals surface area (Å²) in [5.74, 6) is 1.94. The summed E-state index contributed by atoms with van der Waals surface area (Å²) < 4.78 is 0. The minimum Gasteiger partial charge on any atom is -0.208 e. The van der Waals surface area contributed by atoms with Crippen LogP contribution in [0.4, 0.5) is 0 Å². The lowest BCUT2D eigenvalue weighted by molar-refractivity contribution is 1.07. The Labute approximate surface area is 364 Å². The SMILES string of the molecule is c1ccc(-c2nc(-c3cccc([Si](c4ccccc4)(c4ccccc4)c4ccccc4)c3)nc(-c3cccc([Si]4(c5ccccc5)c5ccccc5-c5ccccc54)c3)n2)cc1. The molecule has 3 nitrogen and oxygen atoms in total. The van der Waals surface area contributed by atoms with Gasteiger partial charge in [0.1, 0.15) is 0 Å². The fourth-order valence-electron chi connectivity index (χ4n) is 9.91. The Kier molecular flexibility index (Phi) is 9.53. The van der Waals surface area contributed by atoms with Gasteiger partial charge in [-0.3, -0.25) is 0 Å². The van der Waals surface area contributed by atoms with E-state index in [4.69, 9.17) is 15.0 Å². The Hall–Kier alpha value is -7.58. The summed E-state index contributed by atoms with van der Waals surface area (Å²) in [6.07, 6.45) is 0. The van der Waals surface area contributed by atoms with Gasteiger partial charge in [0.05, 0.1) is 0 Å². The van der Waals surface area contributed by atoms with Gasteiger partial charge >= 0.3 is 0 Å². The highest BCUT2D eigenvalue weighted by molar-refractivity contribution is 7.22. The topological polar surface area (TPSA) is 38.7 Å². The van der Waals surface area contributed by atoms with Gasteiger partial charge in [0.2, 0.25) is 0 Å². The van der Waals surface area contributed by atoms with Crippen LogP contribution in [-0.4, -0.2) is 31.1 Å². The van der Waals surface area contributed by atoms with Gasteiger partial charge in [-0.05, 0) is 52.6 Å². The molecule has 0 saturated heterocycles. The normalized spacial score (nSPS) is 12.6. The molecule has 1 aliphatic heterocycles. The van der Waals surface area contributed by atoms with E-state index in [0.29, 0.717) is 17.5 Å². The van der Waals surface area contributed by atoms with E-state index in [9.17, 15) is 0 Å². The minimum atomic E-state index is -2.81. The summed E-state index contributed by atoms with van der Waals surface area (Å²) in [5, 5.41) is 10.7. The lowest BCUT2D eigenvalue weighted by atomic mass is 10.1. The summed E-state index contributed by atoms with van der Waals surface area (Å²) >= 11 is 0. The first-order valence-electron chi connectivity index (χ1n) is 21.2. The van der Waals surface area contributed by atoms with Gasteiger partial charge < -0.3 is 0 Å². The molecule has 10 aromatic rings. The number of rotatable bonds is 9. The predicted octanol–water partition coefficient (Wildman–Crippen LogP) is 7.61. The van der Waals surface area contributed by atoms with E-state index in [-0.39, 0.29) is 0 Å². The van der Waals surface area contributed by atoms with Crippen molar-refractivity contribution in [2.24, 2.45) is 0 Å². The Balaban J connectivity index is 1.13. The van der Waals surface area contributed by atoms with Crippen LogP contribution in [0.25, 0.3) is 45.3 Å². The van der Waals surface area contributed by atoms with Crippen molar-refractivity contribution in [1.29, 1.82) is 0 Å². The van der Waals surface area contributed by atoms with Gasteiger partial charge in [-0.1, -0.05) is 249 Å². The van der Waals surface area contributed by atoms with Crippen LogP contribution in [0.2, 0.25) is 0 Å². The summed E-state index contributed by atoms with van der Waals surface area (Å²) in [6, 6.07) is 90.5. The quantitative estimate of drug-likeness (QED) is 0.111. The molecule has 0 atom stereocenters. The maximum absolute atomic E-state index is 5.40. The Morgan fingerprint density at radius 3 is 1.15 bits per heavy atom. The van der Waals surface area contributed by atoms with Crippen molar-refractivity contribution in [2.45, 2.75) is 0 Å². The molecule has 2 heterocycles. The highest BCUT2D eigenvalue weighted by Gasteiger charge is 2.48. The number of hydrogen-bond donors (Lipinski definition) is 0. The third-order valence-electron chi connectivity index (χ3n) is 12.6. The van der Waals surface area contributed by atoms with Gasteiger partial charge in [-0.2, -0.15) is 0 Å². The number of hydrogen-bond acceptors (Lipinski definition) is 3. The lowest BCUT2D eigenvalue weighted by Crippen LogP contribution is -2.74. The molecular weight excluding hydrogens is 783 g/mol. The van der Waals surface area contributed by atoms with Crippen molar-refractivity contribution >= 4 is 57.6 Å². The van der Waals surface area contributed by atoms with E-state index in [1.54, 1.807) is 0 Å². The number of nitrogens with zero attached hydrogens (tertiary/aromatic N) is 3. The van der Waals surface area contributed by atoms with Gasteiger partial charge in [0.25, 0.3) is 0 Å². The highest BCUT2D eigenvalue weighted by atomic mass is 28.3. The Morgan fingerprint density at radius 1 is 0.274 bits per heavy atom. The second-order valence-electron chi connectivity index (χ2n) is 15.9. The largest absolute Gasteiger partial charge is 0.208 e. The zero-order valence-corrected chi connectivity index (χ0v) is 36.0. The smallest absolute Gasteiger partial charge is 0.180 e. The second kappa shape index (κ2) is 15.8. The van der Waals surface area contributed by atoms with E-state index in [0.717, 1.165) is 16.7 Å². The van der Waals surface area contributed by atoms with Crippen LogP contribution in [0.1, 0.15) is 0 Å². The zero-order chi connectivity index (χ0) is 41.4. The molecular formula is C57H41N3Si2. The standard InChI is InChI=1S/C57H41N3Si2/c1-6-22-42(23-7-1)55-58-56(43-24-20-34-49(40-43)61(45-26-8-2-9-27-45,46-28-10-3-11-29-46)47-30-12-4-13-31-47)60-57(59-55)44-25-21-35-50(41-44)62(48-32-14-5-15-33-48)53-38-18-16-36-51(53)52-37-17-19-39-54(52)62/h1-41H. The van der Waals surface area contributed by atoms with E-state index in [2.05, 4.69) is 231 Å². The molecule has 0 aliphatic carbocycles. The van der Waals surface area contributed by atoms with Crippen molar-refractivity contribution in [3.8, 4) is 45.3 Å². The molecule has 0 saturated carbocycles. The molecule has 0 bridgehead atoms. The molecule has 0 N–H and O–H groups in total. The summed E-state index contributed by atoms with van der Waals surface area (Å²) in [6.45, 7) is 0. The van der Waals surface area contributed by atoms with Crippen molar-refractivity contribution < 1.29 is 0 Å². The highest BCUT2D eigenvalue weighted by Crippen LogP contribution is 2.30. The molecule has 0 radical (unpaired) electrons. The predicted molar refractivity (Wildman–Crippen MR) is 262 cm³/mol. The van der Waals surface area contributed by atoms with Crippen molar-refractivity contribution in [3.63, 3.8) is 0 Å². The number of aromatic nitrogens is 3. The zero-order valence-electron chi connectivity index (χ0n) is 34.0. The minimum absolute atomic E-state index is 0.643. The molecule has 0 spiro atoms. The summed E-state index contributed by atoms with van der Waals surface area (Å²) in [7, 11) is -5.54. The molecule has 0 unspecified atom stereocenters. The fourth-order valence-corrected chi connectivity index (χ4v) is 19.9. The molecule has 0 amide bonds. The third kappa shape index (κ3) is 6.13. The molecule has 292 valence electrons.